The lowest BCUT2D eigenvalue weighted by atomic mass is 10.2. The topological polar surface area (TPSA) is 76.0 Å². The summed E-state index contributed by atoms with van der Waals surface area (Å²) in [6.45, 7) is 3.52. The van der Waals surface area contributed by atoms with Crippen LogP contribution >= 0.6 is 0 Å². The van der Waals surface area contributed by atoms with Gasteiger partial charge in [-0.3, -0.25) is 4.79 Å². The van der Waals surface area contributed by atoms with Crippen molar-refractivity contribution < 1.29 is 9.53 Å². The van der Waals surface area contributed by atoms with E-state index >= 15 is 0 Å². The fourth-order valence-corrected chi connectivity index (χ4v) is 3.10. The van der Waals surface area contributed by atoms with E-state index in [1.807, 2.05) is 43.5 Å². The highest BCUT2D eigenvalue weighted by Gasteiger charge is 2.28. The van der Waals surface area contributed by atoms with Crippen LogP contribution in [0.4, 0.5) is 0 Å². The molecular weight excluding hydrogens is 318 g/mol. The van der Waals surface area contributed by atoms with Crippen LogP contribution in [0.25, 0.3) is 0 Å². The Kier molecular flexibility index (Phi) is 3.97. The highest BCUT2D eigenvalue weighted by Crippen LogP contribution is 2.19. The van der Waals surface area contributed by atoms with Gasteiger partial charge in [-0.2, -0.15) is 0 Å². The molecule has 0 saturated heterocycles. The van der Waals surface area contributed by atoms with E-state index in [1.54, 1.807) is 17.4 Å². The molecule has 25 heavy (non-hydrogen) atoms. The number of aromatic amines is 1. The first kappa shape index (κ1) is 15.4. The largest absolute Gasteiger partial charge is 0.471 e. The summed E-state index contributed by atoms with van der Waals surface area (Å²) in [7, 11) is 0. The quantitative estimate of drug-likeness (QED) is 0.793. The molecule has 1 N–H and O–H groups in total. The molecule has 3 aromatic rings. The zero-order valence-corrected chi connectivity index (χ0v) is 13.9. The highest BCUT2D eigenvalue weighted by molar-refractivity contribution is 5.93. The van der Waals surface area contributed by atoms with Crippen LogP contribution in [0.2, 0.25) is 0 Å². The maximum absolute atomic E-state index is 12.9. The van der Waals surface area contributed by atoms with Crippen molar-refractivity contribution in [1.29, 1.82) is 0 Å². The summed E-state index contributed by atoms with van der Waals surface area (Å²) in [5.74, 6) is 0.467. The summed E-state index contributed by atoms with van der Waals surface area (Å²) in [5.41, 5.74) is 2.30. The van der Waals surface area contributed by atoms with Gasteiger partial charge in [-0.1, -0.05) is 6.07 Å². The van der Waals surface area contributed by atoms with E-state index in [0.717, 1.165) is 11.4 Å². The first-order chi connectivity index (χ1) is 12.2. The van der Waals surface area contributed by atoms with Crippen LogP contribution in [0.15, 0.2) is 49.1 Å². The standard InChI is InChI=1S/C18H19N5O2/c1-13-17(21-12-20-13)18(24)23-9-14-5-4-8-22(14)10-15(11-23)25-16-6-2-3-7-19-16/h2-8,12,15H,9-11H2,1H3,(H,20,21)/t15-/m1/s1. The smallest absolute Gasteiger partial charge is 0.274 e. The number of nitrogens with zero attached hydrogens (tertiary/aromatic N) is 4. The Morgan fingerprint density at radius 2 is 2.16 bits per heavy atom. The Morgan fingerprint density at radius 1 is 1.24 bits per heavy atom. The number of fused-ring (bicyclic) bond motifs is 1. The molecule has 0 bridgehead atoms. The van der Waals surface area contributed by atoms with E-state index in [4.69, 9.17) is 4.74 Å². The lowest BCUT2D eigenvalue weighted by Crippen LogP contribution is -2.39. The number of H-pyrrole nitrogens is 1. The fraction of sp³-hybridized carbons (Fsp3) is 0.278. The number of aromatic nitrogens is 4. The number of aryl methyl sites for hydroxylation is 1. The molecule has 1 amide bonds. The van der Waals surface area contributed by atoms with Gasteiger partial charge in [0.25, 0.3) is 5.91 Å². The molecule has 1 atom stereocenters. The van der Waals surface area contributed by atoms with Crippen LogP contribution in [0, 0.1) is 6.92 Å². The monoisotopic (exact) mass is 337 g/mol. The summed E-state index contributed by atoms with van der Waals surface area (Å²) < 4.78 is 8.16. The van der Waals surface area contributed by atoms with Crippen molar-refractivity contribution in [1.82, 2.24) is 24.4 Å². The molecule has 0 radical (unpaired) electrons. The van der Waals surface area contributed by atoms with Crippen LogP contribution < -0.4 is 4.74 Å². The highest BCUT2D eigenvalue weighted by atomic mass is 16.5. The number of amides is 1. The van der Waals surface area contributed by atoms with Gasteiger partial charge in [0.1, 0.15) is 11.8 Å². The number of hydrogen-bond donors (Lipinski definition) is 1. The zero-order valence-electron chi connectivity index (χ0n) is 13.9. The number of ether oxygens (including phenoxy) is 1. The molecule has 128 valence electrons. The van der Waals surface area contributed by atoms with Gasteiger partial charge in [-0.25, -0.2) is 9.97 Å². The summed E-state index contributed by atoms with van der Waals surface area (Å²) in [5, 5.41) is 0. The van der Waals surface area contributed by atoms with Crippen molar-refractivity contribution in [2.75, 3.05) is 6.54 Å². The van der Waals surface area contributed by atoms with E-state index < -0.39 is 0 Å². The van der Waals surface area contributed by atoms with E-state index in [-0.39, 0.29) is 12.0 Å². The Balaban J connectivity index is 1.61. The Bertz CT molecular complexity index is 870. The average Bonchev–Trinajstić information content (AvgIpc) is 3.20. The summed E-state index contributed by atoms with van der Waals surface area (Å²) >= 11 is 0. The SMILES string of the molecule is Cc1[nH]cnc1C(=O)N1Cc2cccn2C[C@@H](Oc2ccccn2)C1. The molecule has 7 heteroatoms. The summed E-state index contributed by atoms with van der Waals surface area (Å²) in [6.07, 6.45) is 5.07. The minimum Gasteiger partial charge on any atom is -0.471 e. The zero-order chi connectivity index (χ0) is 17.2. The van der Waals surface area contributed by atoms with Gasteiger partial charge in [0.2, 0.25) is 5.88 Å². The average molecular weight is 337 g/mol. The second-order valence-corrected chi connectivity index (χ2v) is 6.12. The lowest BCUT2D eigenvalue weighted by Gasteiger charge is -2.24. The Hall–Kier alpha value is -3.09. The van der Waals surface area contributed by atoms with E-state index in [9.17, 15) is 4.79 Å². The minimum atomic E-state index is -0.188. The first-order valence-electron chi connectivity index (χ1n) is 8.21. The molecule has 3 aromatic heterocycles. The van der Waals surface area contributed by atoms with Gasteiger partial charge in [-0.15, -0.1) is 0 Å². The molecule has 1 aliphatic rings. The molecule has 0 aliphatic carbocycles. The lowest BCUT2D eigenvalue weighted by molar-refractivity contribution is 0.0640. The molecule has 0 saturated carbocycles. The number of pyridine rings is 1. The molecule has 4 heterocycles. The number of carbonyl (C=O) groups is 1. The third-order valence-electron chi connectivity index (χ3n) is 4.35. The maximum atomic E-state index is 12.9. The second-order valence-electron chi connectivity index (χ2n) is 6.12. The van der Waals surface area contributed by atoms with E-state index in [2.05, 4.69) is 19.5 Å². The Labute approximate surface area is 145 Å². The van der Waals surface area contributed by atoms with Crippen molar-refractivity contribution >= 4 is 5.91 Å². The maximum Gasteiger partial charge on any atom is 0.274 e. The van der Waals surface area contributed by atoms with E-state index in [0.29, 0.717) is 31.2 Å². The van der Waals surface area contributed by atoms with Crippen molar-refractivity contribution in [3.8, 4) is 5.88 Å². The fourth-order valence-electron chi connectivity index (χ4n) is 3.10. The van der Waals surface area contributed by atoms with Crippen LogP contribution in [0.5, 0.6) is 5.88 Å². The van der Waals surface area contributed by atoms with Crippen LogP contribution in [0.3, 0.4) is 0 Å². The van der Waals surface area contributed by atoms with Gasteiger partial charge in [-0.05, 0) is 25.1 Å². The third-order valence-corrected chi connectivity index (χ3v) is 4.35. The second kappa shape index (κ2) is 6.43. The van der Waals surface area contributed by atoms with Crippen LogP contribution in [0.1, 0.15) is 21.9 Å². The number of hydrogen-bond acceptors (Lipinski definition) is 4. The number of rotatable bonds is 3. The molecular formula is C18H19N5O2. The molecule has 0 unspecified atom stereocenters. The molecule has 1 aliphatic heterocycles. The van der Waals surface area contributed by atoms with Crippen molar-refractivity contribution in [2.24, 2.45) is 0 Å². The van der Waals surface area contributed by atoms with Gasteiger partial charge in [0.05, 0.1) is 26.0 Å². The van der Waals surface area contributed by atoms with Gasteiger partial charge in [0.15, 0.2) is 0 Å². The van der Waals surface area contributed by atoms with Gasteiger partial charge in [0, 0.05) is 29.8 Å². The number of imidazole rings is 1. The predicted molar refractivity (Wildman–Crippen MR) is 91.2 cm³/mol. The minimum absolute atomic E-state index is 0.0944. The van der Waals surface area contributed by atoms with Crippen LogP contribution in [-0.4, -0.2) is 43.0 Å². The number of carbonyl (C=O) groups excluding carboxylic acids is 1. The predicted octanol–water partition coefficient (Wildman–Crippen LogP) is 2.02. The van der Waals surface area contributed by atoms with Crippen LogP contribution in [-0.2, 0) is 13.1 Å². The molecule has 7 nitrogen and oxygen atoms in total. The van der Waals surface area contributed by atoms with Gasteiger partial charge >= 0.3 is 0 Å². The van der Waals surface area contributed by atoms with Gasteiger partial charge < -0.3 is 19.2 Å². The summed E-state index contributed by atoms with van der Waals surface area (Å²) in [4.78, 5) is 26.1. The normalized spacial score (nSPS) is 17.0. The Morgan fingerprint density at radius 3 is 2.92 bits per heavy atom. The number of nitrogens with one attached hydrogen (secondary N) is 1. The molecule has 0 fully saturated rings. The van der Waals surface area contributed by atoms with Crippen molar-refractivity contribution in [3.05, 3.63) is 66.1 Å². The molecule has 0 spiro atoms. The summed E-state index contributed by atoms with van der Waals surface area (Å²) in [6, 6.07) is 9.57. The van der Waals surface area contributed by atoms with Crippen molar-refractivity contribution in [2.45, 2.75) is 26.1 Å². The first-order valence-corrected chi connectivity index (χ1v) is 8.21. The third kappa shape index (κ3) is 3.13. The van der Waals surface area contributed by atoms with E-state index in [1.165, 1.54) is 0 Å². The molecule has 0 aromatic carbocycles. The van der Waals surface area contributed by atoms with Crippen molar-refractivity contribution in [3.63, 3.8) is 0 Å². The molecule has 4 rings (SSSR count).